The van der Waals surface area contributed by atoms with Gasteiger partial charge in [-0.05, 0) is 42.1 Å². The Balaban J connectivity index is 2.00. The molecule has 1 N–H and O–H groups in total. The Bertz CT molecular complexity index is 683. The second kappa shape index (κ2) is 8.60. The highest BCUT2D eigenvalue weighted by Crippen LogP contribution is 2.36. The number of hydrogen-bond donors (Lipinski definition) is 1. The van der Waals surface area contributed by atoms with Gasteiger partial charge in [-0.15, -0.1) is 11.3 Å². The van der Waals surface area contributed by atoms with Crippen molar-refractivity contribution in [3.8, 4) is 11.5 Å². The molecule has 0 atom stereocenters. The van der Waals surface area contributed by atoms with E-state index in [2.05, 4.69) is 5.32 Å². The zero-order valence-corrected chi connectivity index (χ0v) is 14.5. The molecule has 0 aliphatic carbocycles. The van der Waals surface area contributed by atoms with Crippen LogP contribution in [0.1, 0.15) is 17.4 Å². The Hall–Kier alpha value is -1.98. The third-order valence-electron chi connectivity index (χ3n) is 2.99. The van der Waals surface area contributed by atoms with Crippen LogP contribution in [-0.2, 0) is 11.3 Å². The summed E-state index contributed by atoms with van der Waals surface area (Å²) in [5, 5.41) is 5.24. The van der Waals surface area contributed by atoms with E-state index in [0.717, 1.165) is 10.4 Å². The predicted molar refractivity (Wildman–Crippen MR) is 94.4 cm³/mol. The number of ether oxygens (including phenoxy) is 2. The second-order valence-electron chi connectivity index (χ2n) is 4.61. The average molecular weight is 352 g/mol. The van der Waals surface area contributed by atoms with Crippen molar-refractivity contribution in [3.05, 3.63) is 51.2 Å². The second-order valence-corrected chi connectivity index (χ2v) is 6.00. The summed E-state index contributed by atoms with van der Waals surface area (Å²) < 4.78 is 10.8. The normalized spacial score (nSPS) is 10.7. The Morgan fingerprint density at radius 2 is 2.26 bits per heavy atom. The molecule has 0 aliphatic heterocycles. The molecule has 0 saturated heterocycles. The van der Waals surface area contributed by atoms with Crippen LogP contribution in [0.3, 0.4) is 0 Å². The lowest BCUT2D eigenvalue weighted by molar-refractivity contribution is -0.116. The lowest BCUT2D eigenvalue weighted by Crippen LogP contribution is -2.20. The fourth-order valence-corrected chi connectivity index (χ4v) is 2.86. The molecule has 0 aliphatic rings. The van der Waals surface area contributed by atoms with Gasteiger partial charge in [-0.3, -0.25) is 4.79 Å². The van der Waals surface area contributed by atoms with Crippen molar-refractivity contribution in [1.29, 1.82) is 0 Å². The topological polar surface area (TPSA) is 47.6 Å². The standard InChI is InChI=1S/C17H18ClNO3S/c1-3-22-17-14(18)9-12(10-15(17)21-2)11-19-16(20)7-6-13-5-4-8-23-13/h4-10H,3,11H2,1-2H3,(H,19,20)/b7-6+. The number of halogens is 1. The molecule has 122 valence electrons. The Kier molecular flexibility index (Phi) is 6.50. The number of amides is 1. The van der Waals surface area contributed by atoms with Crippen molar-refractivity contribution in [2.45, 2.75) is 13.5 Å². The van der Waals surface area contributed by atoms with Crippen LogP contribution < -0.4 is 14.8 Å². The molecule has 1 aromatic carbocycles. The number of carbonyl (C=O) groups excluding carboxylic acids is 1. The highest BCUT2D eigenvalue weighted by atomic mass is 35.5. The molecule has 0 radical (unpaired) electrons. The first kappa shape index (κ1) is 17.4. The SMILES string of the molecule is CCOc1c(Cl)cc(CNC(=O)/C=C/c2cccs2)cc1OC. The van der Waals surface area contributed by atoms with E-state index in [0.29, 0.717) is 29.7 Å². The van der Waals surface area contributed by atoms with Crippen LogP contribution in [0, 0.1) is 0 Å². The van der Waals surface area contributed by atoms with E-state index in [-0.39, 0.29) is 5.91 Å². The molecule has 2 aromatic rings. The number of hydrogen-bond acceptors (Lipinski definition) is 4. The summed E-state index contributed by atoms with van der Waals surface area (Å²) in [7, 11) is 1.56. The van der Waals surface area contributed by atoms with Gasteiger partial charge in [0.1, 0.15) is 0 Å². The van der Waals surface area contributed by atoms with E-state index in [1.54, 1.807) is 36.7 Å². The van der Waals surface area contributed by atoms with E-state index >= 15 is 0 Å². The minimum absolute atomic E-state index is 0.164. The van der Waals surface area contributed by atoms with Gasteiger partial charge in [-0.2, -0.15) is 0 Å². The molecule has 2 rings (SSSR count). The fourth-order valence-electron chi connectivity index (χ4n) is 1.95. The molecule has 6 heteroatoms. The summed E-state index contributed by atoms with van der Waals surface area (Å²) in [5.74, 6) is 0.907. The summed E-state index contributed by atoms with van der Waals surface area (Å²) in [4.78, 5) is 12.9. The van der Waals surface area contributed by atoms with Crippen LogP contribution in [0.15, 0.2) is 35.7 Å². The van der Waals surface area contributed by atoms with E-state index in [1.165, 1.54) is 6.08 Å². The summed E-state index contributed by atoms with van der Waals surface area (Å²) in [5.41, 5.74) is 0.841. The van der Waals surface area contributed by atoms with E-state index in [9.17, 15) is 4.79 Å². The molecule has 23 heavy (non-hydrogen) atoms. The van der Waals surface area contributed by atoms with Gasteiger partial charge in [-0.25, -0.2) is 0 Å². The third-order valence-corrected chi connectivity index (χ3v) is 4.11. The van der Waals surface area contributed by atoms with E-state index in [1.807, 2.05) is 24.4 Å². The van der Waals surface area contributed by atoms with Gasteiger partial charge in [0.05, 0.1) is 18.7 Å². The Morgan fingerprint density at radius 1 is 1.43 bits per heavy atom. The van der Waals surface area contributed by atoms with Gasteiger partial charge < -0.3 is 14.8 Å². The molecular formula is C17H18ClNO3S. The third kappa shape index (κ3) is 5.01. The molecule has 0 unspecified atom stereocenters. The molecule has 1 amide bonds. The van der Waals surface area contributed by atoms with E-state index in [4.69, 9.17) is 21.1 Å². The smallest absolute Gasteiger partial charge is 0.244 e. The first-order valence-electron chi connectivity index (χ1n) is 7.12. The highest BCUT2D eigenvalue weighted by Gasteiger charge is 2.11. The van der Waals surface area contributed by atoms with Crippen LogP contribution in [0.5, 0.6) is 11.5 Å². The molecule has 0 fully saturated rings. The number of thiophene rings is 1. The predicted octanol–water partition coefficient (Wildman–Crippen LogP) is 4.14. The number of carbonyl (C=O) groups is 1. The van der Waals surface area contributed by atoms with Crippen molar-refractivity contribution < 1.29 is 14.3 Å². The van der Waals surface area contributed by atoms with Crippen molar-refractivity contribution in [3.63, 3.8) is 0 Å². The first-order chi connectivity index (χ1) is 11.1. The quantitative estimate of drug-likeness (QED) is 0.763. The molecule has 0 spiro atoms. The molecule has 0 bridgehead atoms. The first-order valence-corrected chi connectivity index (χ1v) is 8.38. The van der Waals surface area contributed by atoms with Gasteiger partial charge in [0.15, 0.2) is 11.5 Å². The van der Waals surface area contributed by atoms with E-state index < -0.39 is 0 Å². The summed E-state index contributed by atoms with van der Waals surface area (Å²) in [6.07, 6.45) is 3.30. The maximum absolute atomic E-state index is 11.8. The average Bonchev–Trinajstić information content (AvgIpc) is 3.06. The fraction of sp³-hybridized carbons (Fsp3) is 0.235. The van der Waals surface area contributed by atoms with Crippen LogP contribution in [0.25, 0.3) is 6.08 Å². The maximum atomic E-state index is 11.8. The van der Waals surface area contributed by atoms with Gasteiger partial charge in [0, 0.05) is 17.5 Å². The van der Waals surface area contributed by atoms with Crippen molar-refractivity contribution >= 4 is 34.9 Å². The molecule has 4 nitrogen and oxygen atoms in total. The lowest BCUT2D eigenvalue weighted by atomic mass is 10.2. The Morgan fingerprint density at radius 3 is 2.91 bits per heavy atom. The molecule has 0 saturated carbocycles. The summed E-state index contributed by atoms with van der Waals surface area (Å²) in [6, 6.07) is 7.46. The van der Waals surface area contributed by atoms with Crippen LogP contribution >= 0.6 is 22.9 Å². The van der Waals surface area contributed by atoms with Crippen LogP contribution in [0.4, 0.5) is 0 Å². The van der Waals surface area contributed by atoms with Crippen molar-refractivity contribution in [2.24, 2.45) is 0 Å². The summed E-state index contributed by atoms with van der Waals surface area (Å²) >= 11 is 7.78. The maximum Gasteiger partial charge on any atom is 0.244 e. The number of rotatable bonds is 7. The van der Waals surface area contributed by atoms with Crippen LogP contribution in [-0.4, -0.2) is 19.6 Å². The van der Waals surface area contributed by atoms with Crippen molar-refractivity contribution in [1.82, 2.24) is 5.32 Å². The van der Waals surface area contributed by atoms with Gasteiger partial charge in [-0.1, -0.05) is 17.7 Å². The zero-order chi connectivity index (χ0) is 16.7. The monoisotopic (exact) mass is 351 g/mol. The van der Waals surface area contributed by atoms with Crippen molar-refractivity contribution in [2.75, 3.05) is 13.7 Å². The van der Waals surface area contributed by atoms with Gasteiger partial charge in [0.25, 0.3) is 0 Å². The highest BCUT2D eigenvalue weighted by molar-refractivity contribution is 7.10. The number of methoxy groups -OCH3 is 1. The zero-order valence-electron chi connectivity index (χ0n) is 13.0. The Labute approximate surface area is 144 Å². The minimum atomic E-state index is -0.164. The van der Waals surface area contributed by atoms with Gasteiger partial charge >= 0.3 is 0 Å². The minimum Gasteiger partial charge on any atom is -0.493 e. The molecular weight excluding hydrogens is 334 g/mol. The summed E-state index contributed by atoms with van der Waals surface area (Å²) in [6.45, 7) is 2.74. The lowest BCUT2D eigenvalue weighted by Gasteiger charge is -2.13. The largest absolute Gasteiger partial charge is 0.493 e. The molecule has 1 heterocycles. The number of benzene rings is 1. The molecule has 1 aromatic heterocycles. The van der Waals surface area contributed by atoms with Gasteiger partial charge in [0.2, 0.25) is 5.91 Å². The number of nitrogens with one attached hydrogen (secondary N) is 1. The van der Waals surface area contributed by atoms with Crippen LogP contribution in [0.2, 0.25) is 5.02 Å².